The SMILES string of the molecule is O=C(CCc1nnc2c3cc(-c4ccc(F)cc4)nn3ccn12)NCc1ccc(F)cc1. The van der Waals surface area contributed by atoms with Gasteiger partial charge in [-0.15, -0.1) is 10.2 Å². The standard InChI is InChI=1S/C23H18F2N6O/c24-17-5-1-15(2-6-17)14-26-22(32)10-9-21-27-28-23-20-13-19(16-3-7-18(25)8-4-16)29-31(20)12-11-30(21)23/h1-8,11-13H,9-10,14H2,(H,26,32). The highest BCUT2D eigenvalue weighted by molar-refractivity contribution is 5.77. The van der Waals surface area contributed by atoms with E-state index in [-0.39, 0.29) is 24.0 Å². The first-order chi connectivity index (χ1) is 15.6. The summed E-state index contributed by atoms with van der Waals surface area (Å²) in [5, 5.41) is 15.9. The van der Waals surface area contributed by atoms with Gasteiger partial charge in [-0.25, -0.2) is 13.3 Å². The van der Waals surface area contributed by atoms with Crippen molar-refractivity contribution in [2.45, 2.75) is 19.4 Å². The summed E-state index contributed by atoms with van der Waals surface area (Å²) >= 11 is 0. The minimum atomic E-state index is -0.309. The van der Waals surface area contributed by atoms with Crippen LogP contribution in [-0.2, 0) is 17.8 Å². The van der Waals surface area contributed by atoms with Gasteiger partial charge < -0.3 is 5.32 Å². The van der Waals surface area contributed by atoms with Crippen molar-refractivity contribution < 1.29 is 13.6 Å². The Kier molecular flexibility index (Phi) is 5.06. The van der Waals surface area contributed by atoms with Crippen LogP contribution in [0.25, 0.3) is 22.4 Å². The predicted molar refractivity (Wildman–Crippen MR) is 114 cm³/mol. The second kappa shape index (κ2) is 8.18. The van der Waals surface area contributed by atoms with E-state index in [1.807, 2.05) is 10.5 Å². The fraction of sp³-hybridized carbons (Fsp3) is 0.130. The molecule has 0 aliphatic heterocycles. The Bertz CT molecular complexity index is 1410. The third-order valence-electron chi connectivity index (χ3n) is 5.21. The topological polar surface area (TPSA) is 76.6 Å². The number of aryl methyl sites for hydroxylation is 1. The number of amides is 1. The summed E-state index contributed by atoms with van der Waals surface area (Å²) in [4.78, 5) is 12.2. The summed E-state index contributed by atoms with van der Waals surface area (Å²) in [5.41, 5.74) is 3.70. The fourth-order valence-electron chi connectivity index (χ4n) is 3.51. The van der Waals surface area contributed by atoms with Crippen molar-refractivity contribution in [2.75, 3.05) is 0 Å². The third kappa shape index (κ3) is 3.92. The van der Waals surface area contributed by atoms with E-state index in [4.69, 9.17) is 0 Å². The molecule has 7 nitrogen and oxygen atoms in total. The fourth-order valence-corrected chi connectivity index (χ4v) is 3.51. The lowest BCUT2D eigenvalue weighted by Gasteiger charge is -2.05. The number of benzene rings is 2. The summed E-state index contributed by atoms with van der Waals surface area (Å²) in [5.74, 6) is -0.0846. The second-order valence-electron chi connectivity index (χ2n) is 7.38. The van der Waals surface area contributed by atoms with Gasteiger partial charge in [0.2, 0.25) is 5.91 Å². The third-order valence-corrected chi connectivity index (χ3v) is 5.21. The molecular weight excluding hydrogens is 414 g/mol. The van der Waals surface area contributed by atoms with Crippen molar-refractivity contribution in [1.82, 2.24) is 29.5 Å². The van der Waals surface area contributed by atoms with Crippen molar-refractivity contribution in [3.8, 4) is 11.3 Å². The van der Waals surface area contributed by atoms with E-state index in [1.54, 1.807) is 41.2 Å². The van der Waals surface area contributed by atoms with Gasteiger partial charge in [0.05, 0.1) is 5.69 Å². The van der Waals surface area contributed by atoms with Crippen LogP contribution in [0.3, 0.4) is 0 Å². The molecule has 32 heavy (non-hydrogen) atoms. The number of nitrogens with one attached hydrogen (secondary N) is 1. The largest absolute Gasteiger partial charge is 0.352 e. The van der Waals surface area contributed by atoms with E-state index < -0.39 is 0 Å². The zero-order valence-electron chi connectivity index (χ0n) is 16.9. The monoisotopic (exact) mass is 432 g/mol. The number of halogens is 2. The van der Waals surface area contributed by atoms with Gasteiger partial charge in [-0.1, -0.05) is 12.1 Å². The molecule has 0 spiro atoms. The zero-order chi connectivity index (χ0) is 22.1. The molecule has 0 radical (unpaired) electrons. The molecular formula is C23H18F2N6O. The van der Waals surface area contributed by atoms with Gasteiger partial charge in [0.25, 0.3) is 0 Å². The summed E-state index contributed by atoms with van der Waals surface area (Å²) in [6.45, 7) is 0.336. The van der Waals surface area contributed by atoms with Crippen LogP contribution in [0.15, 0.2) is 67.0 Å². The maximum Gasteiger partial charge on any atom is 0.220 e. The van der Waals surface area contributed by atoms with Crippen molar-refractivity contribution in [2.24, 2.45) is 0 Å². The van der Waals surface area contributed by atoms with E-state index in [2.05, 4.69) is 20.6 Å². The average molecular weight is 432 g/mol. The van der Waals surface area contributed by atoms with Gasteiger partial charge >= 0.3 is 0 Å². The second-order valence-corrected chi connectivity index (χ2v) is 7.38. The number of rotatable bonds is 6. The van der Waals surface area contributed by atoms with Gasteiger partial charge in [0.15, 0.2) is 5.65 Å². The molecule has 9 heteroatoms. The van der Waals surface area contributed by atoms with Gasteiger partial charge in [-0.3, -0.25) is 9.20 Å². The first-order valence-electron chi connectivity index (χ1n) is 10.1. The lowest BCUT2D eigenvalue weighted by atomic mass is 10.1. The van der Waals surface area contributed by atoms with E-state index in [9.17, 15) is 13.6 Å². The number of aromatic nitrogens is 5. The number of hydrogen-bond acceptors (Lipinski definition) is 4. The van der Waals surface area contributed by atoms with Crippen LogP contribution in [0, 0.1) is 11.6 Å². The van der Waals surface area contributed by atoms with Crippen LogP contribution < -0.4 is 5.32 Å². The zero-order valence-corrected chi connectivity index (χ0v) is 16.9. The molecule has 0 saturated carbocycles. The minimum Gasteiger partial charge on any atom is -0.352 e. The van der Waals surface area contributed by atoms with Crippen LogP contribution in [0.2, 0.25) is 0 Å². The average Bonchev–Trinajstić information content (AvgIpc) is 3.41. The van der Waals surface area contributed by atoms with Crippen LogP contribution in [-0.4, -0.2) is 30.1 Å². The van der Waals surface area contributed by atoms with Crippen LogP contribution in [0.1, 0.15) is 17.8 Å². The summed E-state index contributed by atoms with van der Waals surface area (Å²) < 4.78 is 29.7. The lowest BCUT2D eigenvalue weighted by Crippen LogP contribution is -2.23. The van der Waals surface area contributed by atoms with E-state index in [0.29, 0.717) is 30.1 Å². The number of hydrogen-bond donors (Lipinski definition) is 1. The molecule has 0 aliphatic carbocycles. The smallest absolute Gasteiger partial charge is 0.220 e. The molecule has 5 aromatic rings. The maximum atomic E-state index is 13.2. The molecule has 1 amide bonds. The van der Waals surface area contributed by atoms with Crippen molar-refractivity contribution in [1.29, 1.82) is 0 Å². The summed E-state index contributed by atoms with van der Waals surface area (Å²) in [6.07, 6.45) is 4.24. The minimum absolute atomic E-state index is 0.130. The molecule has 0 saturated heterocycles. The highest BCUT2D eigenvalue weighted by Gasteiger charge is 2.13. The molecule has 0 unspecified atom stereocenters. The first-order valence-corrected chi connectivity index (χ1v) is 10.1. The Morgan fingerprint density at radius 1 is 0.938 bits per heavy atom. The molecule has 0 aliphatic rings. The summed E-state index contributed by atoms with van der Waals surface area (Å²) in [7, 11) is 0. The highest BCUT2D eigenvalue weighted by Crippen LogP contribution is 2.22. The van der Waals surface area contributed by atoms with E-state index in [1.165, 1.54) is 24.3 Å². The van der Waals surface area contributed by atoms with Crippen molar-refractivity contribution >= 4 is 17.1 Å². The van der Waals surface area contributed by atoms with E-state index >= 15 is 0 Å². The van der Waals surface area contributed by atoms with Crippen LogP contribution >= 0.6 is 0 Å². The van der Waals surface area contributed by atoms with Crippen LogP contribution in [0.5, 0.6) is 0 Å². The Morgan fingerprint density at radius 2 is 1.66 bits per heavy atom. The maximum absolute atomic E-state index is 13.2. The van der Waals surface area contributed by atoms with Gasteiger partial charge in [-0.2, -0.15) is 5.10 Å². The Hall–Kier alpha value is -4.14. The Labute approximate surface area is 181 Å². The van der Waals surface area contributed by atoms with Crippen LogP contribution in [0.4, 0.5) is 8.78 Å². The molecule has 5 rings (SSSR count). The number of carbonyl (C=O) groups is 1. The number of carbonyl (C=O) groups excluding carboxylic acids is 1. The van der Waals surface area contributed by atoms with Gasteiger partial charge in [0.1, 0.15) is 23.0 Å². The molecule has 2 aromatic carbocycles. The lowest BCUT2D eigenvalue weighted by molar-refractivity contribution is -0.121. The number of nitrogens with zero attached hydrogens (tertiary/aromatic N) is 5. The molecule has 1 N–H and O–H groups in total. The quantitative estimate of drug-likeness (QED) is 0.445. The van der Waals surface area contributed by atoms with Gasteiger partial charge in [0, 0.05) is 37.3 Å². The number of fused-ring (bicyclic) bond motifs is 3. The van der Waals surface area contributed by atoms with E-state index in [0.717, 1.165) is 16.6 Å². The molecule has 0 bridgehead atoms. The Morgan fingerprint density at radius 3 is 2.41 bits per heavy atom. The van der Waals surface area contributed by atoms with Gasteiger partial charge in [-0.05, 0) is 48.0 Å². The molecule has 160 valence electrons. The molecule has 3 aromatic heterocycles. The van der Waals surface area contributed by atoms with Crippen molar-refractivity contribution in [3.05, 3.63) is 90.0 Å². The first kappa shape index (κ1) is 19.8. The Balaban J connectivity index is 1.30. The molecule has 0 fully saturated rings. The predicted octanol–water partition coefficient (Wildman–Crippen LogP) is 3.57. The molecule has 0 atom stereocenters. The normalized spacial score (nSPS) is 11.3. The molecule has 3 heterocycles. The van der Waals surface area contributed by atoms with Crippen molar-refractivity contribution in [3.63, 3.8) is 0 Å². The highest BCUT2D eigenvalue weighted by atomic mass is 19.1. The summed E-state index contributed by atoms with van der Waals surface area (Å²) in [6, 6.07) is 14.0.